The van der Waals surface area contributed by atoms with Gasteiger partial charge in [0.15, 0.2) is 0 Å². The highest BCUT2D eigenvalue weighted by Gasteiger charge is 2.17. The van der Waals surface area contributed by atoms with E-state index in [-0.39, 0.29) is 12.1 Å². The molecule has 2 amide bonds. The summed E-state index contributed by atoms with van der Waals surface area (Å²) in [7, 11) is 0. The van der Waals surface area contributed by atoms with E-state index in [1.165, 1.54) is 11.3 Å². The molecule has 1 fully saturated rings. The molecule has 3 rings (SSSR count). The Kier molecular flexibility index (Phi) is 7.31. The van der Waals surface area contributed by atoms with Crippen LogP contribution in [0.5, 0.6) is 0 Å². The first-order valence-electron chi connectivity index (χ1n) is 10.2. The fraction of sp³-hybridized carbons (Fsp3) is 0.435. The van der Waals surface area contributed by atoms with E-state index in [0.29, 0.717) is 6.54 Å². The third-order valence-electron chi connectivity index (χ3n) is 5.32. The van der Waals surface area contributed by atoms with E-state index in [4.69, 9.17) is 0 Å². The predicted molar refractivity (Wildman–Crippen MR) is 116 cm³/mol. The Morgan fingerprint density at radius 1 is 1.00 bits per heavy atom. The largest absolute Gasteiger partial charge is 0.369 e. The van der Waals surface area contributed by atoms with Crippen molar-refractivity contribution in [3.63, 3.8) is 0 Å². The molecule has 1 atom stereocenters. The minimum Gasteiger partial charge on any atom is -0.369 e. The maximum absolute atomic E-state index is 12.1. The number of piperazine rings is 1. The van der Waals surface area contributed by atoms with Gasteiger partial charge >= 0.3 is 6.03 Å². The van der Waals surface area contributed by atoms with E-state index < -0.39 is 0 Å². The molecule has 2 aromatic carbocycles. The Labute approximate surface area is 168 Å². The first kappa shape index (κ1) is 20.2. The van der Waals surface area contributed by atoms with Crippen molar-refractivity contribution in [2.45, 2.75) is 32.9 Å². The molecule has 5 heteroatoms. The number of carbonyl (C=O) groups is 1. The van der Waals surface area contributed by atoms with Gasteiger partial charge in [0, 0.05) is 51.0 Å². The molecule has 0 radical (unpaired) electrons. The molecule has 1 aliphatic rings. The molecule has 0 spiro atoms. The molecule has 0 aliphatic carbocycles. The lowest BCUT2D eigenvalue weighted by Crippen LogP contribution is -2.48. The van der Waals surface area contributed by atoms with Crippen molar-refractivity contribution >= 4 is 11.7 Å². The van der Waals surface area contributed by atoms with Crippen LogP contribution in [0.3, 0.4) is 0 Å². The summed E-state index contributed by atoms with van der Waals surface area (Å²) in [6, 6.07) is 18.9. The molecule has 0 bridgehead atoms. The number of nitrogens with one attached hydrogen (secondary N) is 2. The second kappa shape index (κ2) is 10.1. The fourth-order valence-electron chi connectivity index (χ4n) is 3.48. The standard InChI is InChI=1S/C23H32N4O/c1-19-8-10-21(11-9-19)18-24-23(28)25-20(2)12-13-26-14-16-27(17-15-26)22-6-4-3-5-7-22/h3-11,20H,12-18H2,1-2H3,(H2,24,25,28). The lowest BCUT2D eigenvalue weighted by atomic mass is 10.1. The Balaban J connectivity index is 1.31. The monoisotopic (exact) mass is 380 g/mol. The van der Waals surface area contributed by atoms with Gasteiger partial charge in [-0.15, -0.1) is 0 Å². The van der Waals surface area contributed by atoms with Crippen molar-refractivity contribution in [3.05, 3.63) is 65.7 Å². The second-order valence-corrected chi connectivity index (χ2v) is 7.67. The number of amides is 2. The van der Waals surface area contributed by atoms with Crippen LogP contribution in [0.15, 0.2) is 54.6 Å². The first-order chi connectivity index (χ1) is 13.6. The average Bonchev–Trinajstić information content (AvgIpc) is 2.73. The van der Waals surface area contributed by atoms with E-state index >= 15 is 0 Å². The highest BCUT2D eigenvalue weighted by Crippen LogP contribution is 2.15. The maximum atomic E-state index is 12.1. The minimum absolute atomic E-state index is 0.0954. The molecule has 0 saturated carbocycles. The van der Waals surface area contributed by atoms with Gasteiger partial charge in [0.1, 0.15) is 0 Å². The molecule has 1 aliphatic heterocycles. The lowest BCUT2D eigenvalue weighted by molar-refractivity contribution is 0.227. The molecule has 0 aromatic heterocycles. The van der Waals surface area contributed by atoms with Crippen molar-refractivity contribution in [3.8, 4) is 0 Å². The SMILES string of the molecule is Cc1ccc(CNC(=O)NC(C)CCN2CCN(c3ccccc3)CC2)cc1. The molecular formula is C23H32N4O. The topological polar surface area (TPSA) is 47.6 Å². The van der Waals surface area contributed by atoms with Gasteiger partial charge in [-0.25, -0.2) is 4.79 Å². The summed E-state index contributed by atoms with van der Waals surface area (Å²) in [6.07, 6.45) is 0.962. The van der Waals surface area contributed by atoms with E-state index in [1.54, 1.807) is 0 Å². The summed E-state index contributed by atoms with van der Waals surface area (Å²) in [5.74, 6) is 0. The van der Waals surface area contributed by atoms with Crippen LogP contribution in [-0.4, -0.2) is 49.7 Å². The molecule has 2 aromatic rings. The predicted octanol–water partition coefficient (Wildman–Crippen LogP) is 3.40. The summed E-state index contributed by atoms with van der Waals surface area (Å²) in [5, 5.41) is 5.99. The van der Waals surface area contributed by atoms with Crippen molar-refractivity contribution in [1.82, 2.24) is 15.5 Å². The van der Waals surface area contributed by atoms with Gasteiger partial charge in [0.25, 0.3) is 0 Å². The number of nitrogens with zero attached hydrogens (tertiary/aromatic N) is 2. The zero-order chi connectivity index (χ0) is 19.8. The summed E-state index contributed by atoms with van der Waals surface area (Å²) in [6.45, 7) is 9.97. The lowest BCUT2D eigenvalue weighted by Gasteiger charge is -2.36. The summed E-state index contributed by atoms with van der Waals surface area (Å²) in [5.41, 5.74) is 3.65. The number of anilines is 1. The van der Waals surface area contributed by atoms with Gasteiger partial charge in [0.05, 0.1) is 0 Å². The van der Waals surface area contributed by atoms with Crippen LogP contribution in [0.4, 0.5) is 10.5 Å². The van der Waals surface area contributed by atoms with Crippen LogP contribution in [-0.2, 0) is 6.54 Å². The number of urea groups is 1. The molecule has 28 heavy (non-hydrogen) atoms. The number of carbonyl (C=O) groups excluding carboxylic acids is 1. The van der Waals surface area contributed by atoms with Gasteiger partial charge in [0.2, 0.25) is 0 Å². The van der Waals surface area contributed by atoms with E-state index in [2.05, 4.69) is 76.7 Å². The summed E-state index contributed by atoms with van der Waals surface area (Å²) < 4.78 is 0. The van der Waals surface area contributed by atoms with Gasteiger partial charge in [-0.2, -0.15) is 0 Å². The smallest absolute Gasteiger partial charge is 0.315 e. The number of para-hydroxylation sites is 1. The number of benzene rings is 2. The second-order valence-electron chi connectivity index (χ2n) is 7.67. The van der Waals surface area contributed by atoms with Gasteiger partial charge in [-0.05, 0) is 38.0 Å². The van der Waals surface area contributed by atoms with Gasteiger partial charge in [-0.1, -0.05) is 48.0 Å². The van der Waals surface area contributed by atoms with Crippen LogP contribution < -0.4 is 15.5 Å². The number of hydrogen-bond acceptors (Lipinski definition) is 3. The van der Waals surface area contributed by atoms with Crippen LogP contribution in [0.25, 0.3) is 0 Å². The zero-order valence-electron chi connectivity index (χ0n) is 17.0. The van der Waals surface area contributed by atoms with Gasteiger partial charge < -0.3 is 15.5 Å². The van der Waals surface area contributed by atoms with Crippen molar-refractivity contribution < 1.29 is 4.79 Å². The summed E-state index contributed by atoms with van der Waals surface area (Å²) in [4.78, 5) is 17.0. The summed E-state index contributed by atoms with van der Waals surface area (Å²) >= 11 is 0. The normalized spacial score (nSPS) is 15.9. The molecule has 150 valence electrons. The Morgan fingerprint density at radius 2 is 1.68 bits per heavy atom. The van der Waals surface area contributed by atoms with Crippen LogP contribution in [0.1, 0.15) is 24.5 Å². The molecule has 5 nitrogen and oxygen atoms in total. The minimum atomic E-state index is -0.0954. The van der Waals surface area contributed by atoms with Crippen LogP contribution >= 0.6 is 0 Å². The average molecular weight is 381 g/mol. The van der Waals surface area contributed by atoms with E-state index in [1.807, 2.05) is 12.1 Å². The van der Waals surface area contributed by atoms with Gasteiger partial charge in [-0.3, -0.25) is 4.90 Å². The molecule has 1 heterocycles. The molecule has 1 saturated heterocycles. The Morgan fingerprint density at radius 3 is 2.36 bits per heavy atom. The quantitative estimate of drug-likeness (QED) is 0.774. The third-order valence-corrected chi connectivity index (χ3v) is 5.32. The molecule has 1 unspecified atom stereocenters. The number of aryl methyl sites for hydroxylation is 1. The Hall–Kier alpha value is -2.53. The highest BCUT2D eigenvalue weighted by molar-refractivity contribution is 5.74. The van der Waals surface area contributed by atoms with Crippen molar-refractivity contribution in [2.24, 2.45) is 0 Å². The van der Waals surface area contributed by atoms with E-state index in [0.717, 1.165) is 44.7 Å². The Bertz CT molecular complexity index is 724. The van der Waals surface area contributed by atoms with Crippen molar-refractivity contribution in [1.29, 1.82) is 0 Å². The zero-order valence-corrected chi connectivity index (χ0v) is 17.0. The maximum Gasteiger partial charge on any atom is 0.315 e. The third kappa shape index (κ3) is 6.27. The molecular weight excluding hydrogens is 348 g/mol. The first-order valence-corrected chi connectivity index (χ1v) is 10.2. The number of rotatable bonds is 7. The number of hydrogen-bond donors (Lipinski definition) is 2. The van der Waals surface area contributed by atoms with Crippen LogP contribution in [0, 0.1) is 6.92 Å². The highest BCUT2D eigenvalue weighted by atomic mass is 16.2. The van der Waals surface area contributed by atoms with Crippen LogP contribution in [0.2, 0.25) is 0 Å². The van der Waals surface area contributed by atoms with E-state index in [9.17, 15) is 4.79 Å². The fourth-order valence-corrected chi connectivity index (χ4v) is 3.48. The van der Waals surface area contributed by atoms with Crippen molar-refractivity contribution in [2.75, 3.05) is 37.6 Å². The molecule has 2 N–H and O–H groups in total.